The molecular formula is C22H29N3O3S2. The van der Waals surface area contributed by atoms with Crippen molar-refractivity contribution in [3.05, 3.63) is 42.1 Å². The molecule has 3 rings (SSSR count). The van der Waals surface area contributed by atoms with Crippen LogP contribution < -0.4 is 5.32 Å². The van der Waals surface area contributed by atoms with Gasteiger partial charge in [0.05, 0.1) is 16.2 Å². The highest BCUT2D eigenvalue weighted by Crippen LogP contribution is 2.30. The number of carbonyl (C=O) groups excluding carboxylic acids is 1. The van der Waals surface area contributed by atoms with E-state index in [-0.39, 0.29) is 17.8 Å². The van der Waals surface area contributed by atoms with E-state index in [2.05, 4.69) is 29.4 Å². The Kier molecular flexibility index (Phi) is 8.57. The average Bonchev–Trinajstić information content (AvgIpc) is 3.18. The number of carboxylic acids is 1. The molecule has 1 heterocycles. The van der Waals surface area contributed by atoms with Crippen molar-refractivity contribution in [1.29, 1.82) is 0 Å². The van der Waals surface area contributed by atoms with E-state index in [0.717, 1.165) is 48.7 Å². The summed E-state index contributed by atoms with van der Waals surface area (Å²) in [5.41, 5.74) is 1.29. The molecule has 2 N–H and O–H groups in total. The molecule has 2 amide bonds. The van der Waals surface area contributed by atoms with E-state index in [0.29, 0.717) is 11.7 Å². The van der Waals surface area contributed by atoms with Gasteiger partial charge in [0.15, 0.2) is 5.13 Å². The van der Waals surface area contributed by atoms with Crippen molar-refractivity contribution in [3.63, 3.8) is 0 Å². The smallest absolute Gasteiger partial charge is 0.323 e. The van der Waals surface area contributed by atoms with Crippen molar-refractivity contribution in [3.8, 4) is 0 Å². The lowest BCUT2D eigenvalue weighted by atomic mass is 9.86. The standard InChI is InChI=1S/C22H29N3O3S2/c1-16-9-11-18(12-10-16)25(13-5-8-17-6-3-2-4-7-17)22(28)24-21-23-14-20(30-21)29-15-19(26)27/h2-4,6-7,14,16,18H,5,8-13,15H2,1H3,(H,26,27)(H,23,24,28)/t16-,18-. The third-order valence-corrected chi connectivity index (χ3v) is 7.52. The van der Waals surface area contributed by atoms with Crippen molar-refractivity contribution in [2.75, 3.05) is 17.6 Å². The molecular weight excluding hydrogens is 418 g/mol. The van der Waals surface area contributed by atoms with Gasteiger partial charge in [0.2, 0.25) is 0 Å². The first kappa shape index (κ1) is 22.6. The molecule has 30 heavy (non-hydrogen) atoms. The molecule has 6 nitrogen and oxygen atoms in total. The molecule has 0 radical (unpaired) electrons. The highest BCUT2D eigenvalue weighted by atomic mass is 32.2. The minimum atomic E-state index is -0.866. The number of amides is 2. The van der Waals surface area contributed by atoms with E-state index < -0.39 is 5.97 Å². The number of aromatic nitrogens is 1. The van der Waals surface area contributed by atoms with Crippen LogP contribution >= 0.6 is 23.1 Å². The van der Waals surface area contributed by atoms with Crippen LogP contribution in [-0.4, -0.2) is 45.3 Å². The Hall–Kier alpha value is -2.06. The summed E-state index contributed by atoms with van der Waals surface area (Å²) in [4.78, 5) is 30.1. The molecule has 8 heteroatoms. The third-order valence-electron chi connectivity index (χ3n) is 5.43. The Balaban J connectivity index is 1.60. The SMILES string of the molecule is C[C@H]1CC[C@H](N(CCCc2ccccc2)C(=O)Nc2ncc(SCC(=O)O)s2)CC1. The van der Waals surface area contributed by atoms with Crippen LogP contribution in [0.2, 0.25) is 0 Å². The largest absolute Gasteiger partial charge is 0.481 e. The molecule has 0 bridgehead atoms. The zero-order valence-corrected chi connectivity index (χ0v) is 18.9. The summed E-state index contributed by atoms with van der Waals surface area (Å²) in [6, 6.07) is 10.5. The fourth-order valence-corrected chi connectivity index (χ4v) is 5.36. The number of nitrogens with one attached hydrogen (secondary N) is 1. The van der Waals surface area contributed by atoms with Gasteiger partial charge in [0.25, 0.3) is 0 Å². The summed E-state index contributed by atoms with van der Waals surface area (Å²) in [6.07, 6.45) is 7.87. The number of aliphatic carboxylic acids is 1. The second-order valence-corrected chi connectivity index (χ2v) is 10.1. The van der Waals surface area contributed by atoms with Crippen LogP contribution in [0.25, 0.3) is 0 Å². The lowest BCUT2D eigenvalue weighted by molar-refractivity contribution is -0.133. The van der Waals surface area contributed by atoms with Crippen molar-refractivity contribution in [2.45, 2.75) is 55.7 Å². The monoisotopic (exact) mass is 447 g/mol. The normalized spacial score (nSPS) is 18.7. The van der Waals surface area contributed by atoms with Crippen LogP contribution in [0.5, 0.6) is 0 Å². The summed E-state index contributed by atoms with van der Waals surface area (Å²) in [7, 11) is 0. The number of rotatable bonds is 9. The number of thioether (sulfide) groups is 1. The molecule has 1 aromatic heterocycles. The molecule has 1 saturated carbocycles. The molecule has 0 aliphatic heterocycles. The molecule has 1 fully saturated rings. The first-order valence-electron chi connectivity index (χ1n) is 10.4. The van der Waals surface area contributed by atoms with Gasteiger partial charge in [0, 0.05) is 12.6 Å². The van der Waals surface area contributed by atoms with Crippen LogP contribution in [0.1, 0.15) is 44.6 Å². The minimum absolute atomic E-state index is 0.0125. The van der Waals surface area contributed by atoms with E-state index in [1.54, 1.807) is 6.20 Å². The third kappa shape index (κ3) is 7.02. The predicted molar refractivity (Wildman–Crippen MR) is 122 cm³/mol. The van der Waals surface area contributed by atoms with Crippen molar-refractivity contribution in [2.24, 2.45) is 5.92 Å². The molecule has 1 aliphatic carbocycles. The van der Waals surface area contributed by atoms with Crippen LogP contribution in [0.3, 0.4) is 0 Å². The van der Waals surface area contributed by atoms with E-state index in [9.17, 15) is 9.59 Å². The summed E-state index contributed by atoms with van der Waals surface area (Å²) in [5.74, 6) is -0.153. The molecule has 0 spiro atoms. The van der Waals surface area contributed by atoms with Crippen LogP contribution in [0.4, 0.5) is 9.93 Å². The predicted octanol–water partition coefficient (Wildman–Crippen LogP) is 5.37. The molecule has 1 aromatic carbocycles. The number of thiazole rings is 1. The lowest BCUT2D eigenvalue weighted by Gasteiger charge is -2.36. The van der Waals surface area contributed by atoms with E-state index in [4.69, 9.17) is 5.11 Å². The molecule has 1 aliphatic rings. The Morgan fingerprint density at radius 1 is 1.23 bits per heavy atom. The zero-order valence-electron chi connectivity index (χ0n) is 17.3. The van der Waals surface area contributed by atoms with Crippen molar-refractivity contribution < 1.29 is 14.7 Å². The first-order valence-corrected chi connectivity index (χ1v) is 12.2. The number of nitrogens with zero attached hydrogens (tertiary/aromatic N) is 2. The van der Waals surface area contributed by atoms with Gasteiger partial charge in [-0.1, -0.05) is 48.6 Å². The minimum Gasteiger partial charge on any atom is -0.481 e. The van der Waals surface area contributed by atoms with Crippen LogP contribution in [0.15, 0.2) is 40.7 Å². The number of hydrogen-bond donors (Lipinski definition) is 2. The second-order valence-electron chi connectivity index (χ2n) is 7.79. The maximum Gasteiger partial charge on any atom is 0.323 e. The Bertz CT molecular complexity index is 820. The lowest BCUT2D eigenvalue weighted by Crippen LogP contribution is -2.45. The van der Waals surface area contributed by atoms with Crippen molar-refractivity contribution >= 4 is 40.2 Å². The van der Waals surface area contributed by atoms with Gasteiger partial charge in [-0.25, -0.2) is 9.78 Å². The molecule has 0 unspecified atom stereocenters. The summed E-state index contributed by atoms with van der Waals surface area (Å²) in [5, 5.41) is 12.3. The van der Waals surface area contributed by atoms with Gasteiger partial charge < -0.3 is 10.0 Å². The van der Waals surface area contributed by atoms with Gasteiger partial charge in [0.1, 0.15) is 0 Å². The van der Waals surface area contributed by atoms with E-state index >= 15 is 0 Å². The molecule has 0 saturated heterocycles. The quantitative estimate of drug-likeness (QED) is 0.505. The van der Waals surface area contributed by atoms with Crippen LogP contribution in [-0.2, 0) is 11.2 Å². The zero-order chi connectivity index (χ0) is 21.3. The number of carbonyl (C=O) groups is 2. The molecule has 0 atom stereocenters. The number of urea groups is 1. The summed E-state index contributed by atoms with van der Waals surface area (Å²) < 4.78 is 0.787. The topological polar surface area (TPSA) is 82.5 Å². The summed E-state index contributed by atoms with van der Waals surface area (Å²) in [6.45, 7) is 2.99. The number of benzene rings is 1. The highest BCUT2D eigenvalue weighted by molar-refractivity contribution is 8.01. The molecule has 162 valence electrons. The van der Waals surface area contributed by atoms with E-state index in [1.165, 1.54) is 28.7 Å². The van der Waals surface area contributed by atoms with Gasteiger partial charge in [-0.2, -0.15) is 0 Å². The number of carboxylic acid groups (broad SMARTS) is 1. The van der Waals surface area contributed by atoms with Gasteiger partial charge in [-0.15, -0.1) is 11.8 Å². The fourth-order valence-electron chi connectivity index (χ4n) is 3.78. The van der Waals surface area contributed by atoms with Crippen molar-refractivity contribution in [1.82, 2.24) is 9.88 Å². The van der Waals surface area contributed by atoms with Crippen LogP contribution in [0, 0.1) is 5.92 Å². The number of anilines is 1. The second kappa shape index (κ2) is 11.4. The number of aryl methyl sites for hydroxylation is 1. The Morgan fingerprint density at radius 2 is 1.97 bits per heavy atom. The maximum absolute atomic E-state index is 13.1. The first-order chi connectivity index (χ1) is 14.5. The Labute approximate surface area is 186 Å². The maximum atomic E-state index is 13.1. The number of hydrogen-bond acceptors (Lipinski definition) is 5. The van der Waals surface area contributed by atoms with Gasteiger partial charge in [-0.3, -0.25) is 10.1 Å². The highest BCUT2D eigenvalue weighted by Gasteiger charge is 2.27. The van der Waals surface area contributed by atoms with Gasteiger partial charge in [-0.05, 0) is 50.0 Å². The summed E-state index contributed by atoms with van der Waals surface area (Å²) >= 11 is 2.53. The fraction of sp³-hybridized carbons (Fsp3) is 0.500. The average molecular weight is 448 g/mol. The van der Waals surface area contributed by atoms with Gasteiger partial charge >= 0.3 is 12.0 Å². The van der Waals surface area contributed by atoms with E-state index in [1.807, 2.05) is 23.1 Å². The Morgan fingerprint density at radius 3 is 2.67 bits per heavy atom. The molecule has 2 aromatic rings.